The van der Waals surface area contributed by atoms with Gasteiger partial charge in [0.15, 0.2) is 0 Å². The van der Waals surface area contributed by atoms with Crippen molar-refractivity contribution < 1.29 is 0 Å². The van der Waals surface area contributed by atoms with Crippen molar-refractivity contribution in [2.45, 2.75) is 33.1 Å². The normalized spacial score (nSPS) is 25.8. The molecule has 0 fully saturated rings. The lowest BCUT2D eigenvalue weighted by Crippen LogP contribution is -2.15. The first kappa shape index (κ1) is 7.78. The summed E-state index contributed by atoms with van der Waals surface area (Å²) in [7, 11) is 0. The van der Waals surface area contributed by atoms with E-state index in [1.165, 1.54) is 24.8 Å². The van der Waals surface area contributed by atoms with E-state index in [1.54, 1.807) is 5.57 Å². The number of hydrogen-bond acceptors (Lipinski definition) is 1. The number of rotatable bonds is 0. The molecular weight excluding hydrogens is 146 g/mol. The van der Waals surface area contributed by atoms with E-state index >= 15 is 0 Å². The zero-order chi connectivity index (χ0) is 8.60. The first-order chi connectivity index (χ1) is 5.70. The molecule has 0 atom stereocenters. The predicted molar refractivity (Wildman–Crippen MR) is 52.3 cm³/mol. The van der Waals surface area contributed by atoms with E-state index < -0.39 is 0 Å². The van der Waals surface area contributed by atoms with Gasteiger partial charge in [-0.15, -0.1) is 0 Å². The summed E-state index contributed by atoms with van der Waals surface area (Å²) in [5, 5.41) is 0. The van der Waals surface area contributed by atoms with Crippen LogP contribution in [0.25, 0.3) is 0 Å². The van der Waals surface area contributed by atoms with Crippen LogP contribution in [0.5, 0.6) is 0 Å². The number of nitrogens with zero attached hydrogens (tertiary/aromatic N) is 1. The lowest BCUT2D eigenvalue weighted by molar-refractivity contribution is 0.616. The van der Waals surface area contributed by atoms with Crippen LogP contribution in [-0.2, 0) is 0 Å². The molecule has 0 aromatic rings. The van der Waals surface area contributed by atoms with E-state index in [0.717, 1.165) is 0 Å². The van der Waals surface area contributed by atoms with Crippen LogP contribution in [0.2, 0.25) is 0 Å². The maximum atomic E-state index is 4.26. The fraction of sp³-hybridized carbons (Fsp3) is 0.545. The second kappa shape index (κ2) is 2.58. The first-order valence-electron chi connectivity index (χ1n) is 4.63. The standard InChI is InChI=1S/C11H15N/c1-11(2)8-12-7-6-9-4-3-5-10(9)11/h6-8H,3-5H2,1-2H3. The quantitative estimate of drug-likeness (QED) is 0.517. The summed E-state index contributed by atoms with van der Waals surface area (Å²) < 4.78 is 0. The second-order valence-electron chi connectivity index (χ2n) is 4.17. The molecule has 2 aliphatic rings. The average molecular weight is 161 g/mol. The van der Waals surface area contributed by atoms with Crippen LogP contribution >= 0.6 is 0 Å². The molecule has 0 saturated heterocycles. The van der Waals surface area contributed by atoms with Gasteiger partial charge in [-0.2, -0.15) is 0 Å². The van der Waals surface area contributed by atoms with E-state index in [1.807, 2.05) is 6.20 Å². The van der Waals surface area contributed by atoms with E-state index in [2.05, 4.69) is 31.1 Å². The Morgan fingerprint density at radius 2 is 2.17 bits per heavy atom. The van der Waals surface area contributed by atoms with Crippen LogP contribution in [0.3, 0.4) is 0 Å². The van der Waals surface area contributed by atoms with Gasteiger partial charge in [0.05, 0.1) is 0 Å². The summed E-state index contributed by atoms with van der Waals surface area (Å²) in [5.74, 6) is 0. The molecule has 1 aliphatic heterocycles. The minimum absolute atomic E-state index is 0.190. The summed E-state index contributed by atoms with van der Waals surface area (Å²) in [6.45, 7) is 4.51. The van der Waals surface area contributed by atoms with Crippen molar-refractivity contribution in [2.75, 3.05) is 0 Å². The summed E-state index contributed by atoms with van der Waals surface area (Å²) in [6, 6.07) is 0. The Hall–Kier alpha value is -0.850. The minimum Gasteiger partial charge on any atom is -0.268 e. The van der Waals surface area contributed by atoms with Crippen molar-refractivity contribution in [3.05, 3.63) is 23.4 Å². The van der Waals surface area contributed by atoms with Crippen molar-refractivity contribution in [1.82, 2.24) is 0 Å². The van der Waals surface area contributed by atoms with Crippen LogP contribution in [0.15, 0.2) is 28.4 Å². The molecule has 2 rings (SSSR count). The van der Waals surface area contributed by atoms with Gasteiger partial charge in [-0.05, 0) is 30.9 Å². The van der Waals surface area contributed by atoms with Crippen LogP contribution in [-0.4, -0.2) is 6.21 Å². The van der Waals surface area contributed by atoms with Crippen molar-refractivity contribution in [3.63, 3.8) is 0 Å². The molecule has 0 amide bonds. The van der Waals surface area contributed by atoms with Crippen LogP contribution < -0.4 is 0 Å². The van der Waals surface area contributed by atoms with Crippen molar-refractivity contribution in [1.29, 1.82) is 0 Å². The smallest absolute Gasteiger partial charge is 0.0266 e. The lowest BCUT2D eigenvalue weighted by atomic mass is 9.83. The molecule has 0 aromatic carbocycles. The Kier molecular flexibility index (Phi) is 1.67. The van der Waals surface area contributed by atoms with Crippen molar-refractivity contribution >= 4 is 6.21 Å². The number of allylic oxidation sites excluding steroid dienone is 3. The fourth-order valence-corrected chi connectivity index (χ4v) is 2.13. The number of hydrogen-bond donors (Lipinski definition) is 0. The first-order valence-corrected chi connectivity index (χ1v) is 4.63. The number of aliphatic imine (C=N–C) groups is 1. The van der Waals surface area contributed by atoms with E-state index in [4.69, 9.17) is 0 Å². The topological polar surface area (TPSA) is 12.4 Å². The highest BCUT2D eigenvalue weighted by molar-refractivity contribution is 5.72. The zero-order valence-electron chi connectivity index (χ0n) is 7.80. The van der Waals surface area contributed by atoms with Gasteiger partial charge in [0.2, 0.25) is 0 Å². The Balaban J connectivity index is 2.45. The molecule has 0 saturated carbocycles. The molecule has 1 aliphatic carbocycles. The predicted octanol–water partition coefficient (Wildman–Crippen LogP) is 3.09. The summed E-state index contributed by atoms with van der Waals surface area (Å²) >= 11 is 0. The fourth-order valence-electron chi connectivity index (χ4n) is 2.13. The summed E-state index contributed by atoms with van der Waals surface area (Å²) in [4.78, 5) is 4.26. The zero-order valence-corrected chi connectivity index (χ0v) is 7.80. The Bertz CT molecular complexity index is 279. The molecule has 0 N–H and O–H groups in total. The molecular formula is C11H15N. The maximum absolute atomic E-state index is 4.26. The highest BCUT2D eigenvalue weighted by atomic mass is 14.7. The molecule has 0 radical (unpaired) electrons. The average Bonchev–Trinajstić information content (AvgIpc) is 2.42. The van der Waals surface area contributed by atoms with Gasteiger partial charge in [0.25, 0.3) is 0 Å². The molecule has 1 heterocycles. The van der Waals surface area contributed by atoms with Crippen molar-refractivity contribution in [3.8, 4) is 0 Å². The van der Waals surface area contributed by atoms with Gasteiger partial charge in [-0.1, -0.05) is 19.4 Å². The van der Waals surface area contributed by atoms with E-state index in [-0.39, 0.29) is 5.41 Å². The molecule has 1 heteroatoms. The van der Waals surface area contributed by atoms with E-state index in [9.17, 15) is 0 Å². The molecule has 64 valence electrons. The van der Waals surface area contributed by atoms with Gasteiger partial charge in [-0.25, -0.2) is 0 Å². The Morgan fingerprint density at radius 3 is 3.00 bits per heavy atom. The second-order valence-corrected chi connectivity index (χ2v) is 4.17. The van der Waals surface area contributed by atoms with Gasteiger partial charge in [0, 0.05) is 17.8 Å². The van der Waals surface area contributed by atoms with Gasteiger partial charge >= 0.3 is 0 Å². The maximum Gasteiger partial charge on any atom is 0.0266 e. The summed E-state index contributed by atoms with van der Waals surface area (Å²) in [5.41, 5.74) is 3.31. The van der Waals surface area contributed by atoms with Crippen LogP contribution in [0, 0.1) is 5.41 Å². The molecule has 0 unspecified atom stereocenters. The lowest BCUT2D eigenvalue weighted by Gasteiger charge is -2.21. The largest absolute Gasteiger partial charge is 0.268 e. The van der Waals surface area contributed by atoms with Crippen LogP contribution in [0.4, 0.5) is 0 Å². The molecule has 1 nitrogen and oxygen atoms in total. The highest BCUT2D eigenvalue weighted by Gasteiger charge is 2.27. The SMILES string of the molecule is CC1(C)C=NC=CC2=C1CCC2. The molecule has 0 spiro atoms. The third-order valence-electron chi connectivity index (χ3n) is 2.80. The van der Waals surface area contributed by atoms with Gasteiger partial charge < -0.3 is 0 Å². The third kappa shape index (κ3) is 1.13. The van der Waals surface area contributed by atoms with Crippen LogP contribution in [0.1, 0.15) is 33.1 Å². The molecule has 0 bridgehead atoms. The molecule has 12 heavy (non-hydrogen) atoms. The van der Waals surface area contributed by atoms with E-state index in [0.29, 0.717) is 0 Å². The highest BCUT2D eigenvalue weighted by Crippen LogP contribution is 2.39. The third-order valence-corrected chi connectivity index (χ3v) is 2.80. The monoisotopic (exact) mass is 161 g/mol. The van der Waals surface area contributed by atoms with Gasteiger partial charge in [0.1, 0.15) is 0 Å². The Morgan fingerprint density at radius 1 is 1.33 bits per heavy atom. The minimum atomic E-state index is 0.190. The van der Waals surface area contributed by atoms with Crippen molar-refractivity contribution in [2.24, 2.45) is 10.4 Å². The summed E-state index contributed by atoms with van der Waals surface area (Å²) in [6.07, 6.45) is 10.0. The van der Waals surface area contributed by atoms with Gasteiger partial charge in [-0.3, -0.25) is 4.99 Å². The molecule has 0 aromatic heterocycles. The Labute approximate surface area is 73.9 Å².